The van der Waals surface area contributed by atoms with Gasteiger partial charge in [-0.05, 0) is 92.3 Å². The van der Waals surface area contributed by atoms with E-state index in [0.29, 0.717) is 6.04 Å². The monoisotopic (exact) mass is 338 g/mol. The molecule has 0 radical (unpaired) electrons. The van der Waals surface area contributed by atoms with Crippen LogP contribution in [0.15, 0.2) is 22.7 Å². The maximum atomic E-state index is 3.69. The SMILES string of the molecule is CCCN1CCC(C(C)Nc2ccc(C)cc2Br)CC1. The van der Waals surface area contributed by atoms with Gasteiger partial charge in [-0.3, -0.25) is 0 Å². The molecule has 112 valence electrons. The Morgan fingerprint density at radius 1 is 1.35 bits per heavy atom. The van der Waals surface area contributed by atoms with Gasteiger partial charge in [0.05, 0.1) is 0 Å². The van der Waals surface area contributed by atoms with Crippen molar-refractivity contribution in [2.24, 2.45) is 5.92 Å². The summed E-state index contributed by atoms with van der Waals surface area (Å²) in [7, 11) is 0. The van der Waals surface area contributed by atoms with Gasteiger partial charge in [0.15, 0.2) is 0 Å². The molecule has 1 fully saturated rings. The molecule has 1 aromatic carbocycles. The average molecular weight is 339 g/mol. The Bertz CT molecular complexity index is 425. The Morgan fingerprint density at radius 3 is 2.65 bits per heavy atom. The fraction of sp³-hybridized carbons (Fsp3) is 0.647. The van der Waals surface area contributed by atoms with Crippen LogP contribution in [0.4, 0.5) is 5.69 Å². The summed E-state index contributed by atoms with van der Waals surface area (Å²) in [6.07, 6.45) is 3.91. The van der Waals surface area contributed by atoms with Crippen molar-refractivity contribution in [2.45, 2.75) is 46.1 Å². The van der Waals surface area contributed by atoms with Crippen LogP contribution in [0, 0.1) is 12.8 Å². The van der Waals surface area contributed by atoms with Crippen molar-refractivity contribution < 1.29 is 0 Å². The van der Waals surface area contributed by atoms with E-state index in [1.165, 1.54) is 54.6 Å². The molecule has 3 heteroatoms. The number of halogens is 1. The highest BCUT2D eigenvalue weighted by Crippen LogP contribution is 2.28. The van der Waals surface area contributed by atoms with Crippen molar-refractivity contribution in [1.82, 2.24) is 4.90 Å². The maximum Gasteiger partial charge on any atom is 0.0486 e. The van der Waals surface area contributed by atoms with Crippen LogP contribution in [0.5, 0.6) is 0 Å². The molecule has 0 bridgehead atoms. The van der Waals surface area contributed by atoms with Gasteiger partial charge in [-0.1, -0.05) is 13.0 Å². The molecule has 20 heavy (non-hydrogen) atoms. The standard InChI is InChI=1S/C17H27BrN2/c1-4-9-20-10-7-15(8-11-20)14(3)19-17-6-5-13(2)12-16(17)18/h5-6,12,14-15,19H,4,7-11H2,1-3H3. The first-order valence-corrected chi connectivity index (χ1v) is 8.64. The first-order valence-electron chi connectivity index (χ1n) is 7.85. The molecule has 0 saturated carbocycles. The second kappa shape index (κ2) is 7.46. The molecular weight excluding hydrogens is 312 g/mol. The van der Waals surface area contributed by atoms with Crippen LogP contribution in [0.25, 0.3) is 0 Å². The van der Waals surface area contributed by atoms with E-state index in [4.69, 9.17) is 0 Å². The Kier molecular flexibility index (Phi) is 5.91. The zero-order valence-corrected chi connectivity index (χ0v) is 14.5. The third kappa shape index (κ3) is 4.23. The van der Waals surface area contributed by atoms with Crippen molar-refractivity contribution in [3.05, 3.63) is 28.2 Å². The molecule has 1 aliphatic rings. The maximum absolute atomic E-state index is 3.69. The highest BCUT2D eigenvalue weighted by atomic mass is 79.9. The minimum absolute atomic E-state index is 0.540. The lowest BCUT2D eigenvalue weighted by molar-refractivity contribution is 0.176. The predicted molar refractivity (Wildman–Crippen MR) is 91.4 cm³/mol. The molecule has 1 aromatic rings. The van der Waals surface area contributed by atoms with Crippen molar-refractivity contribution in [1.29, 1.82) is 0 Å². The first kappa shape index (κ1) is 15.8. The van der Waals surface area contributed by atoms with E-state index in [-0.39, 0.29) is 0 Å². The second-order valence-corrected chi connectivity index (χ2v) is 6.95. The Hall–Kier alpha value is -0.540. The van der Waals surface area contributed by atoms with Crippen LogP contribution in [-0.2, 0) is 0 Å². The molecule has 1 atom stereocenters. The number of anilines is 1. The van der Waals surface area contributed by atoms with Gasteiger partial charge in [0.2, 0.25) is 0 Å². The Balaban J connectivity index is 1.87. The van der Waals surface area contributed by atoms with Gasteiger partial charge >= 0.3 is 0 Å². The van der Waals surface area contributed by atoms with E-state index in [2.05, 4.69) is 65.1 Å². The van der Waals surface area contributed by atoms with Gasteiger partial charge in [-0.15, -0.1) is 0 Å². The zero-order chi connectivity index (χ0) is 14.5. The molecule has 2 nitrogen and oxygen atoms in total. The highest BCUT2D eigenvalue weighted by molar-refractivity contribution is 9.10. The number of nitrogens with zero attached hydrogens (tertiary/aromatic N) is 1. The average Bonchev–Trinajstić information content (AvgIpc) is 2.43. The van der Waals surface area contributed by atoms with Crippen LogP contribution in [-0.4, -0.2) is 30.6 Å². The van der Waals surface area contributed by atoms with Crippen molar-refractivity contribution in [3.63, 3.8) is 0 Å². The summed E-state index contributed by atoms with van der Waals surface area (Å²) >= 11 is 3.66. The number of rotatable bonds is 5. The molecule has 0 aromatic heterocycles. The Labute approximate surface area is 132 Å². The van der Waals surface area contributed by atoms with Gasteiger partial charge in [-0.25, -0.2) is 0 Å². The van der Waals surface area contributed by atoms with E-state index in [1.807, 2.05) is 0 Å². The smallest absolute Gasteiger partial charge is 0.0486 e. The number of benzene rings is 1. The molecule has 2 rings (SSSR count). The summed E-state index contributed by atoms with van der Waals surface area (Å²) in [6, 6.07) is 7.07. The molecule has 1 heterocycles. The topological polar surface area (TPSA) is 15.3 Å². The highest BCUT2D eigenvalue weighted by Gasteiger charge is 2.23. The second-order valence-electron chi connectivity index (χ2n) is 6.10. The van der Waals surface area contributed by atoms with E-state index < -0.39 is 0 Å². The summed E-state index contributed by atoms with van der Waals surface area (Å²) in [5.74, 6) is 0.788. The molecular formula is C17H27BrN2. The molecule has 0 spiro atoms. The first-order chi connectivity index (χ1) is 9.60. The predicted octanol–water partition coefficient (Wildman–Crippen LogP) is 4.68. The third-order valence-electron chi connectivity index (χ3n) is 4.39. The summed E-state index contributed by atoms with van der Waals surface area (Å²) < 4.78 is 1.17. The number of likely N-dealkylation sites (tertiary alicyclic amines) is 1. The lowest BCUT2D eigenvalue weighted by Gasteiger charge is -2.35. The summed E-state index contributed by atoms with van der Waals surface area (Å²) in [4.78, 5) is 2.60. The van der Waals surface area contributed by atoms with E-state index in [0.717, 1.165) is 5.92 Å². The minimum Gasteiger partial charge on any atom is -0.381 e. The van der Waals surface area contributed by atoms with Gasteiger partial charge in [0, 0.05) is 16.2 Å². The largest absolute Gasteiger partial charge is 0.381 e. The zero-order valence-electron chi connectivity index (χ0n) is 13.0. The number of aryl methyl sites for hydroxylation is 1. The molecule has 0 amide bonds. The number of nitrogens with one attached hydrogen (secondary N) is 1. The molecule has 1 N–H and O–H groups in total. The normalized spacial score (nSPS) is 19.0. The van der Waals surface area contributed by atoms with Gasteiger partial charge in [-0.2, -0.15) is 0 Å². The summed E-state index contributed by atoms with van der Waals surface area (Å²) in [5, 5.41) is 3.69. The quantitative estimate of drug-likeness (QED) is 0.838. The van der Waals surface area contributed by atoms with Crippen LogP contribution in [0.2, 0.25) is 0 Å². The number of piperidine rings is 1. The van der Waals surface area contributed by atoms with Gasteiger partial charge in [0.1, 0.15) is 0 Å². The van der Waals surface area contributed by atoms with E-state index in [9.17, 15) is 0 Å². The van der Waals surface area contributed by atoms with Crippen LogP contribution in [0.3, 0.4) is 0 Å². The van der Waals surface area contributed by atoms with Crippen LogP contribution in [0.1, 0.15) is 38.7 Å². The Morgan fingerprint density at radius 2 is 2.05 bits per heavy atom. The lowest BCUT2D eigenvalue weighted by atomic mass is 9.90. The molecule has 0 aliphatic carbocycles. The summed E-state index contributed by atoms with van der Waals surface area (Å²) in [6.45, 7) is 10.5. The van der Waals surface area contributed by atoms with E-state index >= 15 is 0 Å². The van der Waals surface area contributed by atoms with E-state index in [1.54, 1.807) is 0 Å². The fourth-order valence-corrected chi connectivity index (χ4v) is 3.70. The molecule has 1 unspecified atom stereocenters. The fourth-order valence-electron chi connectivity index (χ4n) is 3.09. The van der Waals surface area contributed by atoms with Crippen molar-refractivity contribution in [3.8, 4) is 0 Å². The van der Waals surface area contributed by atoms with Gasteiger partial charge in [0.25, 0.3) is 0 Å². The summed E-state index contributed by atoms with van der Waals surface area (Å²) in [5.41, 5.74) is 2.52. The van der Waals surface area contributed by atoms with Crippen molar-refractivity contribution >= 4 is 21.6 Å². The number of hydrogen-bond donors (Lipinski definition) is 1. The minimum atomic E-state index is 0.540. The lowest BCUT2D eigenvalue weighted by Crippen LogP contribution is -2.39. The van der Waals surface area contributed by atoms with Crippen molar-refractivity contribution in [2.75, 3.05) is 25.0 Å². The van der Waals surface area contributed by atoms with Gasteiger partial charge < -0.3 is 10.2 Å². The number of hydrogen-bond acceptors (Lipinski definition) is 2. The molecule has 1 saturated heterocycles. The van der Waals surface area contributed by atoms with Crippen LogP contribution < -0.4 is 5.32 Å². The van der Waals surface area contributed by atoms with Crippen LogP contribution >= 0.6 is 15.9 Å². The third-order valence-corrected chi connectivity index (χ3v) is 5.04. The molecule has 1 aliphatic heterocycles.